The Morgan fingerprint density at radius 2 is 1.64 bits per heavy atom. The zero-order valence-electron chi connectivity index (χ0n) is 22.1. The molecule has 3 aromatic carbocycles. The van der Waals surface area contributed by atoms with Crippen LogP contribution in [0.5, 0.6) is 5.75 Å². The number of primary amides is 1. The summed E-state index contributed by atoms with van der Waals surface area (Å²) in [5, 5.41) is 12.5. The van der Waals surface area contributed by atoms with E-state index in [0.29, 0.717) is 16.9 Å². The number of halogens is 3. The van der Waals surface area contributed by atoms with Crippen molar-refractivity contribution >= 4 is 50.1 Å². The quantitative estimate of drug-likeness (QED) is 0.178. The van der Waals surface area contributed by atoms with Gasteiger partial charge in [0.15, 0.2) is 0 Å². The summed E-state index contributed by atoms with van der Waals surface area (Å²) in [7, 11) is -2.60. The second kappa shape index (κ2) is 11.6. The predicted octanol–water partition coefficient (Wildman–Crippen LogP) is 4.86. The van der Waals surface area contributed by atoms with Gasteiger partial charge in [0, 0.05) is 28.4 Å². The third kappa shape index (κ3) is 6.42. The van der Waals surface area contributed by atoms with Crippen LogP contribution in [0.2, 0.25) is 0 Å². The molecule has 1 heterocycles. The van der Waals surface area contributed by atoms with E-state index in [1.165, 1.54) is 43.5 Å². The summed E-state index contributed by atoms with van der Waals surface area (Å²) in [6, 6.07) is 13.3. The lowest BCUT2D eigenvalue weighted by Crippen LogP contribution is -2.32. The maximum atomic E-state index is 13.0. The van der Waals surface area contributed by atoms with Crippen LogP contribution in [0.15, 0.2) is 65.1 Å². The highest BCUT2D eigenvalue weighted by Crippen LogP contribution is 2.41. The van der Waals surface area contributed by atoms with Crippen LogP contribution in [0.3, 0.4) is 0 Å². The number of furan rings is 1. The van der Waals surface area contributed by atoms with E-state index in [4.69, 9.17) is 14.9 Å². The van der Waals surface area contributed by atoms with Crippen molar-refractivity contribution in [3.05, 3.63) is 71.8 Å². The molecule has 0 bridgehead atoms. The van der Waals surface area contributed by atoms with Crippen LogP contribution >= 0.6 is 0 Å². The Balaban J connectivity index is 1.79. The first-order chi connectivity index (χ1) is 19.7. The number of nitrogens with one attached hydrogen (secondary N) is 1. The lowest BCUT2D eigenvalue weighted by atomic mass is 10.0. The molecule has 4 rings (SSSR count). The zero-order chi connectivity index (χ0) is 30.8. The Labute approximate surface area is 237 Å². The number of hydrogen-bond donors (Lipinski definition) is 3. The first kappa shape index (κ1) is 30.2. The SMILES string of the molecule is COc1cc2c(C(=O)OC(N)=O)c(-c3ccc(Nc4ccc(C(F)(F)F)cc4)cc3)oc2cc1N(CCO)S(C)(=O)=O. The number of ether oxygens (including phenoxy) is 2. The highest BCUT2D eigenvalue weighted by Gasteiger charge is 2.30. The summed E-state index contributed by atoms with van der Waals surface area (Å²) in [4.78, 5) is 24.3. The number of anilines is 3. The van der Waals surface area contributed by atoms with Gasteiger partial charge in [-0.1, -0.05) is 0 Å². The number of amides is 1. The molecule has 0 aliphatic heterocycles. The summed E-state index contributed by atoms with van der Waals surface area (Å²) >= 11 is 0. The fourth-order valence-electron chi connectivity index (χ4n) is 4.19. The van der Waals surface area contributed by atoms with Gasteiger partial charge in [-0.3, -0.25) is 4.31 Å². The molecule has 1 amide bonds. The lowest BCUT2D eigenvalue weighted by molar-refractivity contribution is -0.137. The zero-order valence-corrected chi connectivity index (χ0v) is 22.9. The van der Waals surface area contributed by atoms with Crippen LogP contribution in [0.4, 0.5) is 35.0 Å². The van der Waals surface area contributed by atoms with Crippen molar-refractivity contribution in [1.82, 2.24) is 0 Å². The predicted molar refractivity (Wildman–Crippen MR) is 147 cm³/mol. The molecule has 0 saturated heterocycles. The van der Waals surface area contributed by atoms with Crippen molar-refractivity contribution in [1.29, 1.82) is 0 Å². The molecule has 0 aliphatic rings. The number of rotatable bonds is 9. The molecule has 0 atom stereocenters. The van der Waals surface area contributed by atoms with Gasteiger partial charge in [0.05, 0.1) is 37.8 Å². The fourth-order valence-corrected chi connectivity index (χ4v) is 5.10. The molecule has 0 unspecified atom stereocenters. The molecule has 11 nitrogen and oxygen atoms in total. The Morgan fingerprint density at radius 3 is 2.14 bits per heavy atom. The smallest absolute Gasteiger partial charge is 0.416 e. The van der Waals surface area contributed by atoms with E-state index in [0.717, 1.165) is 22.7 Å². The van der Waals surface area contributed by atoms with E-state index in [-0.39, 0.29) is 40.3 Å². The standard InChI is InChI=1S/C27H24F3N3O8S/c1-39-22-13-19-21(14-20(22)33(11-12-34)42(2,37)38)40-24(23(19)25(35)41-26(31)36)15-3-7-17(8-4-15)32-18-9-5-16(6-10-18)27(28,29)30/h3-10,13-14,32,34H,11-12H2,1-2H3,(H2,31,36). The van der Waals surface area contributed by atoms with Gasteiger partial charge < -0.3 is 30.0 Å². The summed E-state index contributed by atoms with van der Waals surface area (Å²) < 4.78 is 80.2. The number of benzene rings is 3. The van der Waals surface area contributed by atoms with Crippen LogP contribution in [0.25, 0.3) is 22.3 Å². The van der Waals surface area contributed by atoms with Crippen molar-refractivity contribution in [3.8, 4) is 17.1 Å². The molecular formula is C27H24F3N3O8S. The number of nitrogens with zero attached hydrogens (tertiary/aromatic N) is 1. The summed E-state index contributed by atoms with van der Waals surface area (Å²) in [6.45, 7) is -0.793. The van der Waals surface area contributed by atoms with E-state index in [1.807, 2.05) is 0 Å². The van der Waals surface area contributed by atoms with E-state index in [1.54, 1.807) is 12.1 Å². The molecule has 15 heteroatoms. The summed E-state index contributed by atoms with van der Waals surface area (Å²) in [5.74, 6) is -1.18. The Morgan fingerprint density at radius 1 is 1.05 bits per heavy atom. The topological polar surface area (TPSA) is 161 Å². The van der Waals surface area contributed by atoms with E-state index in [2.05, 4.69) is 10.1 Å². The number of sulfonamides is 1. The number of aliphatic hydroxyl groups excluding tert-OH is 1. The van der Waals surface area contributed by atoms with Crippen molar-refractivity contribution < 1.29 is 50.2 Å². The number of carbonyl (C=O) groups excluding carboxylic acids is 2. The van der Waals surface area contributed by atoms with Crippen molar-refractivity contribution in [2.45, 2.75) is 6.18 Å². The van der Waals surface area contributed by atoms with Gasteiger partial charge in [0.25, 0.3) is 0 Å². The number of alkyl halides is 3. The van der Waals surface area contributed by atoms with E-state index in [9.17, 15) is 36.3 Å². The molecule has 0 fully saturated rings. The molecule has 0 spiro atoms. The molecule has 42 heavy (non-hydrogen) atoms. The minimum atomic E-state index is -4.47. The summed E-state index contributed by atoms with van der Waals surface area (Å²) in [6.07, 6.45) is -4.89. The average Bonchev–Trinajstić information content (AvgIpc) is 3.28. The maximum Gasteiger partial charge on any atom is 0.416 e. The minimum absolute atomic E-state index is 0.0120. The first-order valence-corrected chi connectivity index (χ1v) is 13.9. The summed E-state index contributed by atoms with van der Waals surface area (Å²) in [5.41, 5.74) is 5.32. The van der Waals surface area contributed by atoms with Crippen LogP contribution in [0, 0.1) is 0 Å². The van der Waals surface area contributed by atoms with Gasteiger partial charge in [-0.25, -0.2) is 18.0 Å². The normalized spacial score (nSPS) is 11.8. The largest absolute Gasteiger partial charge is 0.495 e. The third-order valence-corrected chi connectivity index (χ3v) is 7.19. The van der Waals surface area contributed by atoms with Crippen molar-refractivity contribution in [2.24, 2.45) is 5.73 Å². The van der Waals surface area contributed by atoms with Gasteiger partial charge in [0.1, 0.15) is 22.7 Å². The van der Waals surface area contributed by atoms with Crippen molar-refractivity contribution in [3.63, 3.8) is 0 Å². The van der Waals surface area contributed by atoms with Crippen molar-refractivity contribution in [2.75, 3.05) is 36.1 Å². The molecule has 1 aromatic heterocycles. The second-order valence-electron chi connectivity index (χ2n) is 8.87. The van der Waals surface area contributed by atoms with Crippen LogP contribution in [-0.4, -0.2) is 52.1 Å². The molecule has 4 N–H and O–H groups in total. The van der Waals surface area contributed by atoms with Crippen LogP contribution in [0.1, 0.15) is 15.9 Å². The van der Waals surface area contributed by atoms with Crippen LogP contribution < -0.4 is 20.1 Å². The number of methoxy groups -OCH3 is 1. The molecule has 0 radical (unpaired) electrons. The highest BCUT2D eigenvalue weighted by molar-refractivity contribution is 7.92. The number of aliphatic hydroxyl groups is 1. The number of carbonyl (C=O) groups is 2. The number of hydrogen-bond acceptors (Lipinski definition) is 9. The van der Waals surface area contributed by atoms with Gasteiger partial charge in [-0.2, -0.15) is 13.2 Å². The molecule has 0 saturated carbocycles. The van der Waals surface area contributed by atoms with E-state index >= 15 is 0 Å². The minimum Gasteiger partial charge on any atom is -0.495 e. The second-order valence-corrected chi connectivity index (χ2v) is 10.8. The van der Waals surface area contributed by atoms with Gasteiger partial charge >= 0.3 is 18.2 Å². The Kier molecular flexibility index (Phi) is 8.35. The Hall–Kier alpha value is -4.76. The maximum absolute atomic E-state index is 13.0. The average molecular weight is 608 g/mol. The van der Waals surface area contributed by atoms with Crippen LogP contribution in [-0.2, 0) is 20.9 Å². The van der Waals surface area contributed by atoms with Gasteiger partial charge in [-0.15, -0.1) is 0 Å². The highest BCUT2D eigenvalue weighted by atomic mass is 32.2. The fraction of sp³-hybridized carbons (Fsp3) is 0.185. The van der Waals surface area contributed by atoms with Gasteiger partial charge in [-0.05, 0) is 54.6 Å². The molecule has 4 aromatic rings. The number of esters is 1. The number of nitrogens with two attached hydrogens (primary N) is 1. The first-order valence-electron chi connectivity index (χ1n) is 12.0. The third-order valence-electron chi connectivity index (χ3n) is 6.01. The number of fused-ring (bicyclic) bond motifs is 1. The molecular weight excluding hydrogens is 583 g/mol. The molecule has 0 aliphatic carbocycles. The monoisotopic (exact) mass is 607 g/mol. The molecule has 222 valence electrons. The lowest BCUT2D eigenvalue weighted by Gasteiger charge is -2.23. The van der Waals surface area contributed by atoms with E-state index < -0.39 is 40.4 Å². The Bertz CT molecular complexity index is 1740. The van der Waals surface area contributed by atoms with Gasteiger partial charge in [0.2, 0.25) is 10.0 Å².